The second-order valence-electron chi connectivity index (χ2n) is 10.7. The number of phenols is 1. The van der Waals surface area contributed by atoms with Crippen LogP contribution in [0, 0.1) is 11.2 Å². The molecule has 1 aliphatic rings. The van der Waals surface area contributed by atoms with E-state index in [9.17, 15) is 23.9 Å². The highest BCUT2D eigenvalue weighted by atomic mass is 35.5. The summed E-state index contributed by atoms with van der Waals surface area (Å²) in [5, 5.41) is 11.6. The second-order valence-corrected chi connectivity index (χ2v) is 11.1. The molecule has 2 aromatic carbocycles. The molecule has 1 aliphatic heterocycles. The normalized spacial score (nSPS) is 17.1. The lowest BCUT2D eigenvalue weighted by molar-refractivity contribution is -0.115. The highest BCUT2D eigenvalue weighted by molar-refractivity contribution is 6.32. The molecular weight excluding hydrogens is 549 g/mol. The molecule has 1 atom stereocenters. The standard InChI is InChI=1S/C30H29ClFN5O4/c1-18(38)33-16-30(2)7-8-36(17-30)26-12-20(13-27(39)35(26)4)23-15-21(32)14-22(28(23)40)19-5-6-25(24(31)11-19)37-10-9-34(3)29(37)41/h5-6,9-16,40H,7-8,17H2,1-4H3/b33-16-/t30-/m1/s1. The van der Waals surface area contributed by atoms with E-state index in [2.05, 4.69) is 4.99 Å². The number of imidazole rings is 1. The number of pyridine rings is 1. The number of aliphatic imine (C=N–C) groups is 1. The molecule has 1 amide bonds. The Labute approximate surface area is 240 Å². The van der Waals surface area contributed by atoms with E-state index in [0.29, 0.717) is 35.7 Å². The van der Waals surface area contributed by atoms with Gasteiger partial charge in [0.1, 0.15) is 17.4 Å². The van der Waals surface area contributed by atoms with Crippen LogP contribution in [0.3, 0.4) is 0 Å². The number of aromatic hydroxyl groups is 1. The summed E-state index contributed by atoms with van der Waals surface area (Å²) in [5.74, 6) is -0.505. The summed E-state index contributed by atoms with van der Waals surface area (Å²) in [4.78, 5) is 42.7. The van der Waals surface area contributed by atoms with Crippen molar-refractivity contribution in [3.05, 3.63) is 86.5 Å². The molecule has 0 aliphatic carbocycles. The lowest BCUT2D eigenvalue weighted by atomic mass is 9.91. The lowest BCUT2D eigenvalue weighted by Gasteiger charge is -2.24. The number of anilines is 1. The largest absolute Gasteiger partial charge is 0.507 e. The summed E-state index contributed by atoms with van der Waals surface area (Å²) in [6.45, 7) is 4.53. The third-order valence-electron chi connectivity index (χ3n) is 7.48. The molecule has 1 saturated heterocycles. The van der Waals surface area contributed by atoms with Crippen LogP contribution in [0.15, 0.2) is 69.4 Å². The quantitative estimate of drug-likeness (QED) is 0.351. The molecular formula is C30H29ClFN5O4. The third-order valence-corrected chi connectivity index (χ3v) is 7.78. The molecule has 41 heavy (non-hydrogen) atoms. The van der Waals surface area contributed by atoms with Gasteiger partial charge in [-0.3, -0.25) is 18.7 Å². The lowest BCUT2D eigenvalue weighted by Crippen LogP contribution is -2.31. The first-order chi connectivity index (χ1) is 19.4. The molecule has 5 rings (SSSR count). The first-order valence-corrected chi connectivity index (χ1v) is 13.3. The van der Waals surface area contributed by atoms with Gasteiger partial charge in [-0.1, -0.05) is 24.6 Å². The molecule has 1 fully saturated rings. The molecule has 4 aromatic rings. The monoisotopic (exact) mass is 577 g/mol. The van der Waals surface area contributed by atoms with Crippen LogP contribution in [0.2, 0.25) is 5.02 Å². The van der Waals surface area contributed by atoms with E-state index in [-0.39, 0.29) is 44.5 Å². The Bertz CT molecular complexity index is 1840. The number of aryl methyl sites for hydroxylation is 1. The SMILES string of the molecule is CC(=O)/N=C\[C@@]1(C)CCN(c2cc(-c3cc(F)cc(-c4ccc(-n5ccn(C)c5=O)c(Cl)c4)c3O)cc(=O)n2C)C1. The highest BCUT2D eigenvalue weighted by Crippen LogP contribution is 2.41. The van der Waals surface area contributed by atoms with Crippen molar-refractivity contribution in [3.63, 3.8) is 0 Å². The van der Waals surface area contributed by atoms with Gasteiger partial charge in [0.2, 0.25) is 5.91 Å². The first-order valence-electron chi connectivity index (χ1n) is 13.0. The van der Waals surface area contributed by atoms with Gasteiger partial charge in [0.15, 0.2) is 0 Å². The van der Waals surface area contributed by atoms with Crippen LogP contribution in [-0.2, 0) is 18.9 Å². The summed E-state index contributed by atoms with van der Waals surface area (Å²) in [6.07, 6.45) is 5.58. The zero-order valence-corrected chi connectivity index (χ0v) is 23.8. The number of hydrogen-bond donors (Lipinski definition) is 1. The van der Waals surface area contributed by atoms with Crippen LogP contribution in [0.1, 0.15) is 20.3 Å². The Balaban J connectivity index is 1.55. The molecule has 0 spiro atoms. The second kappa shape index (κ2) is 10.5. The average Bonchev–Trinajstić information content (AvgIpc) is 3.47. The fourth-order valence-corrected chi connectivity index (χ4v) is 5.44. The van der Waals surface area contributed by atoms with Crippen LogP contribution in [0.5, 0.6) is 5.75 Å². The van der Waals surface area contributed by atoms with Gasteiger partial charge in [-0.25, -0.2) is 14.2 Å². The molecule has 1 N–H and O–H groups in total. The Morgan fingerprint density at radius 1 is 1.07 bits per heavy atom. The minimum Gasteiger partial charge on any atom is -0.507 e. The van der Waals surface area contributed by atoms with Gasteiger partial charge in [-0.15, -0.1) is 0 Å². The summed E-state index contributed by atoms with van der Waals surface area (Å²) in [6, 6.07) is 10.3. The Morgan fingerprint density at radius 2 is 1.78 bits per heavy atom. The fraction of sp³-hybridized carbons (Fsp3) is 0.267. The first kappa shape index (κ1) is 28.1. The summed E-state index contributed by atoms with van der Waals surface area (Å²) < 4.78 is 19.3. The highest BCUT2D eigenvalue weighted by Gasteiger charge is 2.34. The summed E-state index contributed by atoms with van der Waals surface area (Å²) >= 11 is 6.52. The maximum atomic E-state index is 15.0. The van der Waals surface area contributed by atoms with Crippen LogP contribution in [-0.4, -0.2) is 44.0 Å². The molecule has 0 saturated carbocycles. The Morgan fingerprint density at radius 3 is 2.41 bits per heavy atom. The van der Waals surface area contributed by atoms with Gasteiger partial charge in [-0.2, -0.15) is 0 Å². The number of aromatic nitrogens is 3. The van der Waals surface area contributed by atoms with Crippen molar-refractivity contribution in [2.24, 2.45) is 24.5 Å². The predicted octanol–water partition coefficient (Wildman–Crippen LogP) is 4.54. The van der Waals surface area contributed by atoms with Crippen LogP contribution >= 0.6 is 11.6 Å². The van der Waals surface area contributed by atoms with E-state index in [4.69, 9.17) is 11.6 Å². The molecule has 2 aromatic heterocycles. The van der Waals surface area contributed by atoms with Crippen molar-refractivity contribution < 1.29 is 14.3 Å². The van der Waals surface area contributed by atoms with Crippen LogP contribution < -0.4 is 16.1 Å². The van der Waals surface area contributed by atoms with Gasteiger partial charge >= 0.3 is 5.69 Å². The van der Waals surface area contributed by atoms with Gasteiger partial charge in [-0.05, 0) is 47.9 Å². The number of benzene rings is 2. The van der Waals surface area contributed by atoms with Crippen LogP contribution in [0.25, 0.3) is 27.9 Å². The molecule has 0 unspecified atom stereocenters. The molecule has 0 bridgehead atoms. The molecule has 0 radical (unpaired) electrons. The Hall–Kier alpha value is -4.44. The van der Waals surface area contributed by atoms with E-state index < -0.39 is 5.82 Å². The molecule has 3 heterocycles. The van der Waals surface area contributed by atoms with Crippen molar-refractivity contribution >= 4 is 29.5 Å². The molecule has 9 nitrogen and oxygen atoms in total. The number of halogens is 2. The number of hydrogen-bond acceptors (Lipinski definition) is 5. The van der Waals surface area contributed by atoms with Gasteiger partial charge in [0, 0.05) is 75.3 Å². The number of phenolic OH excluding ortho intramolecular Hbond substituents is 1. The van der Waals surface area contributed by atoms with Crippen molar-refractivity contribution in [2.45, 2.75) is 20.3 Å². The van der Waals surface area contributed by atoms with Gasteiger partial charge in [0.05, 0.1) is 10.7 Å². The number of carbonyl (C=O) groups excluding carboxylic acids is 1. The maximum Gasteiger partial charge on any atom is 0.332 e. The predicted molar refractivity (Wildman–Crippen MR) is 158 cm³/mol. The third kappa shape index (κ3) is 5.35. The Kier molecular flexibility index (Phi) is 7.21. The number of nitrogens with zero attached hydrogens (tertiary/aromatic N) is 5. The number of carbonyl (C=O) groups is 1. The van der Waals surface area contributed by atoms with Gasteiger partial charge in [0.25, 0.3) is 5.56 Å². The van der Waals surface area contributed by atoms with E-state index in [1.807, 2.05) is 11.8 Å². The fourth-order valence-electron chi connectivity index (χ4n) is 5.17. The summed E-state index contributed by atoms with van der Waals surface area (Å²) in [7, 11) is 3.28. The zero-order chi connectivity index (χ0) is 29.6. The zero-order valence-electron chi connectivity index (χ0n) is 23.1. The van der Waals surface area contributed by atoms with E-state index in [1.54, 1.807) is 57.0 Å². The van der Waals surface area contributed by atoms with Gasteiger partial charge < -0.3 is 14.6 Å². The molecule has 212 valence electrons. The smallest absolute Gasteiger partial charge is 0.332 e. The maximum absolute atomic E-state index is 15.0. The number of amides is 1. The minimum atomic E-state index is -0.608. The van der Waals surface area contributed by atoms with E-state index >= 15 is 0 Å². The van der Waals surface area contributed by atoms with E-state index in [0.717, 1.165) is 6.42 Å². The van der Waals surface area contributed by atoms with Crippen molar-refractivity contribution in [1.82, 2.24) is 13.7 Å². The van der Waals surface area contributed by atoms with Crippen molar-refractivity contribution in [1.29, 1.82) is 0 Å². The summed E-state index contributed by atoms with van der Waals surface area (Å²) in [5.41, 5.74) is 0.609. The van der Waals surface area contributed by atoms with Crippen LogP contribution in [0.4, 0.5) is 10.2 Å². The van der Waals surface area contributed by atoms with Crippen molar-refractivity contribution in [2.75, 3.05) is 18.0 Å². The molecule has 11 heteroatoms. The minimum absolute atomic E-state index is 0.151. The number of rotatable bonds is 5. The van der Waals surface area contributed by atoms with E-state index in [1.165, 1.54) is 38.8 Å². The topological polar surface area (TPSA) is 102 Å². The van der Waals surface area contributed by atoms with Crippen molar-refractivity contribution in [3.8, 4) is 33.7 Å². The average molecular weight is 578 g/mol.